The summed E-state index contributed by atoms with van der Waals surface area (Å²) in [5, 5.41) is 12.2. The number of alkyl halides is 1. The van der Waals surface area contributed by atoms with Crippen LogP contribution in [0.4, 0.5) is 5.69 Å². The standard InChI is InChI=1S/C14H11BrClNO4/c1-20-11-4-5-13(12(7-11)17(18)19)21-14-6-10(16)3-2-9(14)8-15/h2-7H,8H2,1H3. The zero-order valence-corrected chi connectivity index (χ0v) is 13.3. The lowest BCUT2D eigenvalue weighted by Gasteiger charge is -2.11. The molecule has 2 aromatic rings. The summed E-state index contributed by atoms with van der Waals surface area (Å²) in [6, 6.07) is 9.55. The quantitative estimate of drug-likeness (QED) is 0.423. The van der Waals surface area contributed by atoms with Crippen molar-refractivity contribution >= 4 is 33.2 Å². The van der Waals surface area contributed by atoms with Crippen molar-refractivity contribution in [3.63, 3.8) is 0 Å². The van der Waals surface area contributed by atoms with E-state index in [-0.39, 0.29) is 11.4 Å². The lowest BCUT2D eigenvalue weighted by Crippen LogP contribution is -1.96. The summed E-state index contributed by atoms with van der Waals surface area (Å²) in [6.07, 6.45) is 0. The molecule has 0 saturated carbocycles. The van der Waals surface area contributed by atoms with Crippen LogP contribution in [0.3, 0.4) is 0 Å². The van der Waals surface area contributed by atoms with Gasteiger partial charge in [0.05, 0.1) is 18.1 Å². The van der Waals surface area contributed by atoms with Gasteiger partial charge in [-0.25, -0.2) is 0 Å². The van der Waals surface area contributed by atoms with Gasteiger partial charge in [0.15, 0.2) is 0 Å². The molecule has 0 bridgehead atoms. The molecule has 21 heavy (non-hydrogen) atoms. The van der Waals surface area contributed by atoms with Crippen LogP contribution in [0.25, 0.3) is 0 Å². The summed E-state index contributed by atoms with van der Waals surface area (Å²) in [4.78, 5) is 10.6. The third-order valence-electron chi connectivity index (χ3n) is 2.76. The average Bonchev–Trinajstić information content (AvgIpc) is 2.47. The van der Waals surface area contributed by atoms with Crippen LogP contribution in [-0.4, -0.2) is 12.0 Å². The predicted octanol–water partition coefficient (Wildman–Crippen LogP) is 4.94. The van der Waals surface area contributed by atoms with E-state index in [0.29, 0.717) is 21.9 Å². The van der Waals surface area contributed by atoms with Gasteiger partial charge in [-0.2, -0.15) is 0 Å². The number of rotatable bonds is 5. The van der Waals surface area contributed by atoms with Crippen molar-refractivity contribution in [2.24, 2.45) is 0 Å². The van der Waals surface area contributed by atoms with E-state index in [1.807, 2.05) is 0 Å². The summed E-state index contributed by atoms with van der Waals surface area (Å²) in [7, 11) is 1.44. The predicted molar refractivity (Wildman–Crippen MR) is 83.8 cm³/mol. The molecule has 2 rings (SSSR count). The van der Waals surface area contributed by atoms with Crippen LogP contribution in [0.1, 0.15) is 5.56 Å². The molecule has 0 heterocycles. The van der Waals surface area contributed by atoms with E-state index in [1.54, 1.807) is 24.3 Å². The third-order valence-corrected chi connectivity index (χ3v) is 3.60. The highest BCUT2D eigenvalue weighted by molar-refractivity contribution is 9.08. The number of hydrogen-bond donors (Lipinski definition) is 0. The molecule has 110 valence electrons. The van der Waals surface area contributed by atoms with Gasteiger partial charge in [-0.1, -0.05) is 33.6 Å². The summed E-state index contributed by atoms with van der Waals surface area (Å²) in [6.45, 7) is 0. The van der Waals surface area contributed by atoms with Crippen molar-refractivity contribution in [3.8, 4) is 17.2 Å². The number of ether oxygens (including phenoxy) is 2. The Morgan fingerprint density at radius 2 is 2.00 bits per heavy atom. The molecule has 0 amide bonds. The van der Waals surface area contributed by atoms with Crippen LogP contribution in [0, 0.1) is 10.1 Å². The molecule has 0 aromatic heterocycles. The zero-order chi connectivity index (χ0) is 15.4. The first-order valence-corrected chi connectivity index (χ1v) is 7.39. The molecular weight excluding hydrogens is 362 g/mol. The van der Waals surface area contributed by atoms with Crippen LogP contribution < -0.4 is 9.47 Å². The molecule has 0 saturated heterocycles. The summed E-state index contributed by atoms with van der Waals surface area (Å²) < 4.78 is 10.6. The maximum absolute atomic E-state index is 11.1. The molecule has 0 fully saturated rings. The van der Waals surface area contributed by atoms with Gasteiger partial charge in [0, 0.05) is 15.9 Å². The minimum Gasteiger partial charge on any atom is -0.496 e. The monoisotopic (exact) mass is 371 g/mol. The maximum atomic E-state index is 11.1. The van der Waals surface area contributed by atoms with Crippen LogP contribution in [-0.2, 0) is 5.33 Å². The Balaban J connectivity index is 2.44. The van der Waals surface area contributed by atoms with E-state index >= 15 is 0 Å². The number of benzene rings is 2. The molecule has 0 radical (unpaired) electrons. The van der Waals surface area contributed by atoms with Crippen molar-refractivity contribution in [3.05, 3.63) is 57.1 Å². The number of nitro benzene ring substituents is 1. The first-order chi connectivity index (χ1) is 10.0. The fourth-order valence-corrected chi connectivity index (χ4v) is 2.33. The lowest BCUT2D eigenvalue weighted by atomic mass is 10.2. The Kier molecular flexibility index (Phi) is 5.03. The first kappa shape index (κ1) is 15.6. The summed E-state index contributed by atoms with van der Waals surface area (Å²) in [5.41, 5.74) is 0.666. The van der Waals surface area contributed by atoms with Crippen molar-refractivity contribution < 1.29 is 14.4 Å². The molecule has 0 aliphatic carbocycles. The van der Waals surface area contributed by atoms with Crippen molar-refractivity contribution in [2.45, 2.75) is 5.33 Å². The van der Waals surface area contributed by atoms with E-state index in [0.717, 1.165) is 5.56 Å². The molecule has 5 nitrogen and oxygen atoms in total. The van der Waals surface area contributed by atoms with Gasteiger partial charge in [-0.3, -0.25) is 10.1 Å². The van der Waals surface area contributed by atoms with E-state index in [1.165, 1.54) is 19.2 Å². The fourth-order valence-electron chi connectivity index (χ4n) is 1.71. The zero-order valence-electron chi connectivity index (χ0n) is 11.0. The van der Waals surface area contributed by atoms with Crippen LogP contribution in [0.15, 0.2) is 36.4 Å². The highest BCUT2D eigenvalue weighted by atomic mass is 79.9. The SMILES string of the molecule is COc1ccc(Oc2cc(Cl)ccc2CBr)c([N+](=O)[O-])c1. The second-order valence-electron chi connectivity index (χ2n) is 4.08. The Labute approximate surface area is 134 Å². The topological polar surface area (TPSA) is 61.6 Å². The van der Waals surface area contributed by atoms with E-state index in [9.17, 15) is 10.1 Å². The summed E-state index contributed by atoms with van der Waals surface area (Å²) in [5.74, 6) is 0.985. The Morgan fingerprint density at radius 1 is 1.24 bits per heavy atom. The van der Waals surface area contributed by atoms with E-state index in [2.05, 4.69) is 15.9 Å². The van der Waals surface area contributed by atoms with Gasteiger partial charge >= 0.3 is 5.69 Å². The number of methoxy groups -OCH3 is 1. The molecule has 0 spiro atoms. The third kappa shape index (κ3) is 3.65. The maximum Gasteiger partial charge on any atom is 0.315 e. The second-order valence-corrected chi connectivity index (χ2v) is 5.08. The van der Waals surface area contributed by atoms with Gasteiger partial charge in [0.2, 0.25) is 5.75 Å². The molecule has 7 heteroatoms. The highest BCUT2D eigenvalue weighted by Crippen LogP contribution is 2.37. The van der Waals surface area contributed by atoms with Gasteiger partial charge in [-0.05, 0) is 24.3 Å². The normalized spacial score (nSPS) is 10.2. The Bertz CT molecular complexity index is 678. The highest BCUT2D eigenvalue weighted by Gasteiger charge is 2.18. The largest absolute Gasteiger partial charge is 0.496 e. The van der Waals surface area contributed by atoms with Gasteiger partial charge in [0.1, 0.15) is 11.5 Å². The molecule has 0 aliphatic heterocycles. The van der Waals surface area contributed by atoms with Gasteiger partial charge < -0.3 is 9.47 Å². The molecule has 0 N–H and O–H groups in total. The molecule has 2 aromatic carbocycles. The number of hydrogen-bond acceptors (Lipinski definition) is 4. The van der Waals surface area contributed by atoms with Crippen LogP contribution >= 0.6 is 27.5 Å². The fraction of sp³-hybridized carbons (Fsp3) is 0.143. The molecule has 0 unspecified atom stereocenters. The number of nitro groups is 1. The van der Waals surface area contributed by atoms with Gasteiger partial charge in [0.25, 0.3) is 0 Å². The number of halogens is 2. The molecule has 0 aliphatic rings. The summed E-state index contributed by atoms with van der Waals surface area (Å²) >= 11 is 9.28. The number of nitrogens with zero attached hydrogens (tertiary/aromatic N) is 1. The first-order valence-electron chi connectivity index (χ1n) is 5.90. The van der Waals surface area contributed by atoms with Crippen LogP contribution in [0.2, 0.25) is 5.02 Å². The second kappa shape index (κ2) is 6.78. The van der Waals surface area contributed by atoms with Crippen molar-refractivity contribution in [2.75, 3.05) is 7.11 Å². The van der Waals surface area contributed by atoms with Crippen LogP contribution in [0.5, 0.6) is 17.2 Å². The minimum absolute atomic E-state index is 0.130. The van der Waals surface area contributed by atoms with E-state index in [4.69, 9.17) is 21.1 Å². The van der Waals surface area contributed by atoms with Gasteiger partial charge in [-0.15, -0.1) is 0 Å². The van der Waals surface area contributed by atoms with E-state index < -0.39 is 4.92 Å². The van der Waals surface area contributed by atoms with Crippen molar-refractivity contribution in [1.29, 1.82) is 0 Å². The average molecular weight is 373 g/mol. The molecule has 0 atom stereocenters. The smallest absolute Gasteiger partial charge is 0.315 e. The Morgan fingerprint density at radius 3 is 2.62 bits per heavy atom. The molecular formula is C14H11BrClNO4. The lowest BCUT2D eigenvalue weighted by molar-refractivity contribution is -0.385. The minimum atomic E-state index is -0.518. The van der Waals surface area contributed by atoms with Crippen molar-refractivity contribution in [1.82, 2.24) is 0 Å². The Hall–Kier alpha value is -1.79.